The maximum absolute atomic E-state index is 9.34. The van der Waals surface area contributed by atoms with Crippen LogP contribution in [-0.2, 0) is 0 Å². The molecule has 6 heteroatoms. The number of hydrogen-bond acceptors (Lipinski definition) is 6. The zero-order valence-electron chi connectivity index (χ0n) is 15.2. The van der Waals surface area contributed by atoms with Crippen LogP contribution >= 0.6 is 0 Å². The molecule has 4 rings (SSSR count). The molecule has 0 unspecified atom stereocenters. The minimum Gasteiger partial charge on any atom is -0.367 e. The lowest BCUT2D eigenvalue weighted by Crippen LogP contribution is -2.47. The molecule has 0 atom stereocenters. The van der Waals surface area contributed by atoms with Crippen LogP contribution in [0, 0.1) is 18.3 Å². The average molecular weight is 348 g/mol. The van der Waals surface area contributed by atoms with E-state index >= 15 is 0 Å². The van der Waals surface area contributed by atoms with Crippen molar-refractivity contribution in [2.75, 3.05) is 54.0 Å². The Labute approximate surface area is 154 Å². The molecule has 0 bridgehead atoms. The van der Waals surface area contributed by atoms with Crippen LogP contribution in [0.15, 0.2) is 30.3 Å². The first kappa shape index (κ1) is 16.6. The molecule has 1 aromatic heterocycles. The highest BCUT2D eigenvalue weighted by Gasteiger charge is 2.22. The number of aryl methyl sites for hydroxylation is 1. The van der Waals surface area contributed by atoms with Gasteiger partial charge < -0.3 is 14.7 Å². The fourth-order valence-corrected chi connectivity index (χ4v) is 3.78. The summed E-state index contributed by atoms with van der Waals surface area (Å²) < 4.78 is 0. The number of hydrogen-bond donors (Lipinski definition) is 0. The van der Waals surface area contributed by atoms with Crippen LogP contribution < -0.4 is 14.7 Å². The number of nitriles is 1. The van der Waals surface area contributed by atoms with Gasteiger partial charge in [0.05, 0.1) is 11.3 Å². The molecule has 1 aromatic carbocycles. The molecule has 2 aliphatic heterocycles. The smallest absolute Gasteiger partial charge is 0.227 e. The summed E-state index contributed by atoms with van der Waals surface area (Å²) in [6.07, 6.45) is 2.45. The van der Waals surface area contributed by atoms with Crippen molar-refractivity contribution in [3.8, 4) is 6.07 Å². The lowest BCUT2D eigenvalue weighted by molar-refractivity contribution is 0.645. The second-order valence-electron chi connectivity index (χ2n) is 6.96. The third kappa shape index (κ3) is 3.30. The second kappa shape index (κ2) is 7.20. The number of nitrogens with zero attached hydrogens (tertiary/aromatic N) is 6. The minimum absolute atomic E-state index is 0.746. The quantitative estimate of drug-likeness (QED) is 0.850. The molecule has 0 aliphatic carbocycles. The van der Waals surface area contributed by atoms with Crippen LogP contribution in [0.2, 0.25) is 0 Å². The topological polar surface area (TPSA) is 59.3 Å². The van der Waals surface area contributed by atoms with Gasteiger partial charge in [-0.3, -0.25) is 0 Å². The van der Waals surface area contributed by atoms with E-state index in [1.54, 1.807) is 0 Å². The van der Waals surface area contributed by atoms with Gasteiger partial charge in [0.1, 0.15) is 11.9 Å². The standard InChI is InChI=1S/C20H24N6/c1-16-14-19(23-20(22-16)26-8-4-5-9-26)25-12-10-24(11-13-25)18-7-3-2-6-17(18)15-21/h2-3,6-7,14H,4-5,8-13H2,1H3. The molecule has 26 heavy (non-hydrogen) atoms. The van der Waals surface area contributed by atoms with Gasteiger partial charge in [0.2, 0.25) is 5.95 Å². The summed E-state index contributed by atoms with van der Waals surface area (Å²) >= 11 is 0. The largest absolute Gasteiger partial charge is 0.367 e. The first-order valence-corrected chi connectivity index (χ1v) is 9.34. The Bertz CT molecular complexity index is 813. The van der Waals surface area contributed by atoms with Crippen molar-refractivity contribution in [1.29, 1.82) is 5.26 Å². The zero-order chi connectivity index (χ0) is 17.9. The third-order valence-corrected chi connectivity index (χ3v) is 5.19. The van der Waals surface area contributed by atoms with Crippen molar-refractivity contribution >= 4 is 17.5 Å². The highest BCUT2D eigenvalue weighted by atomic mass is 15.3. The molecule has 134 valence electrons. The molecule has 0 saturated carbocycles. The zero-order valence-corrected chi connectivity index (χ0v) is 15.2. The summed E-state index contributed by atoms with van der Waals surface area (Å²) in [4.78, 5) is 16.4. The number of benzene rings is 1. The Morgan fingerprint density at radius 3 is 2.31 bits per heavy atom. The predicted molar refractivity (Wildman–Crippen MR) is 104 cm³/mol. The lowest BCUT2D eigenvalue weighted by atomic mass is 10.1. The molecule has 0 amide bonds. The Kier molecular flexibility index (Phi) is 4.61. The molecular weight excluding hydrogens is 324 g/mol. The molecule has 0 spiro atoms. The number of piperazine rings is 1. The van der Waals surface area contributed by atoms with Gasteiger partial charge in [-0.15, -0.1) is 0 Å². The van der Waals surface area contributed by atoms with E-state index in [0.717, 1.165) is 68.0 Å². The lowest BCUT2D eigenvalue weighted by Gasteiger charge is -2.37. The SMILES string of the molecule is Cc1cc(N2CCN(c3ccccc3C#N)CC2)nc(N2CCCC2)n1. The van der Waals surface area contributed by atoms with Crippen LogP contribution in [0.5, 0.6) is 0 Å². The van der Waals surface area contributed by atoms with Gasteiger partial charge in [-0.25, -0.2) is 4.98 Å². The highest BCUT2D eigenvalue weighted by molar-refractivity contribution is 5.60. The van der Waals surface area contributed by atoms with E-state index in [1.165, 1.54) is 12.8 Å². The summed E-state index contributed by atoms with van der Waals surface area (Å²) in [6, 6.07) is 12.2. The van der Waals surface area contributed by atoms with Crippen LogP contribution in [0.25, 0.3) is 0 Å². The third-order valence-electron chi connectivity index (χ3n) is 5.19. The fourth-order valence-electron chi connectivity index (χ4n) is 3.78. The van der Waals surface area contributed by atoms with E-state index in [2.05, 4.69) is 31.8 Å². The molecule has 0 N–H and O–H groups in total. The number of rotatable bonds is 3. The van der Waals surface area contributed by atoms with Crippen molar-refractivity contribution < 1.29 is 0 Å². The van der Waals surface area contributed by atoms with E-state index < -0.39 is 0 Å². The van der Waals surface area contributed by atoms with Crippen LogP contribution in [0.1, 0.15) is 24.1 Å². The van der Waals surface area contributed by atoms with Gasteiger partial charge in [0.25, 0.3) is 0 Å². The summed E-state index contributed by atoms with van der Waals surface area (Å²) in [7, 11) is 0. The minimum atomic E-state index is 0.746. The van der Waals surface area contributed by atoms with Gasteiger partial charge in [-0.05, 0) is 31.9 Å². The van der Waals surface area contributed by atoms with Crippen molar-refractivity contribution in [3.63, 3.8) is 0 Å². The van der Waals surface area contributed by atoms with Gasteiger partial charge in [0, 0.05) is 51.0 Å². The molecule has 2 saturated heterocycles. The Morgan fingerprint density at radius 2 is 1.58 bits per heavy atom. The van der Waals surface area contributed by atoms with E-state index in [9.17, 15) is 5.26 Å². The van der Waals surface area contributed by atoms with Crippen molar-refractivity contribution in [2.45, 2.75) is 19.8 Å². The van der Waals surface area contributed by atoms with Crippen molar-refractivity contribution in [3.05, 3.63) is 41.6 Å². The first-order chi connectivity index (χ1) is 12.7. The van der Waals surface area contributed by atoms with E-state index in [4.69, 9.17) is 4.98 Å². The Balaban J connectivity index is 1.49. The normalized spacial score (nSPS) is 17.5. The van der Waals surface area contributed by atoms with Crippen molar-refractivity contribution in [1.82, 2.24) is 9.97 Å². The van der Waals surface area contributed by atoms with Gasteiger partial charge in [-0.2, -0.15) is 10.2 Å². The van der Waals surface area contributed by atoms with Crippen LogP contribution in [-0.4, -0.2) is 49.2 Å². The summed E-state index contributed by atoms with van der Waals surface area (Å²) in [5, 5.41) is 9.34. The number of anilines is 3. The molecule has 2 aliphatic rings. The molecule has 3 heterocycles. The van der Waals surface area contributed by atoms with Gasteiger partial charge in [0.15, 0.2) is 0 Å². The average Bonchev–Trinajstić information content (AvgIpc) is 3.22. The Morgan fingerprint density at radius 1 is 0.885 bits per heavy atom. The van der Waals surface area contributed by atoms with Gasteiger partial charge >= 0.3 is 0 Å². The number of para-hydroxylation sites is 1. The highest BCUT2D eigenvalue weighted by Crippen LogP contribution is 2.25. The van der Waals surface area contributed by atoms with E-state index in [1.807, 2.05) is 31.2 Å². The van der Waals surface area contributed by atoms with Crippen LogP contribution in [0.3, 0.4) is 0 Å². The monoisotopic (exact) mass is 348 g/mol. The van der Waals surface area contributed by atoms with Crippen molar-refractivity contribution in [2.24, 2.45) is 0 Å². The fraction of sp³-hybridized carbons (Fsp3) is 0.450. The maximum atomic E-state index is 9.34. The molecule has 6 nitrogen and oxygen atoms in total. The van der Waals surface area contributed by atoms with Gasteiger partial charge in [-0.1, -0.05) is 12.1 Å². The summed E-state index contributed by atoms with van der Waals surface area (Å²) in [5.74, 6) is 1.89. The summed E-state index contributed by atoms with van der Waals surface area (Å²) in [5.41, 5.74) is 2.80. The maximum Gasteiger partial charge on any atom is 0.227 e. The number of aromatic nitrogens is 2. The molecular formula is C20H24N6. The Hall–Kier alpha value is -2.81. The molecule has 2 aromatic rings. The van der Waals surface area contributed by atoms with E-state index in [-0.39, 0.29) is 0 Å². The molecule has 0 radical (unpaired) electrons. The van der Waals surface area contributed by atoms with Crippen LogP contribution in [0.4, 0.5) is 17.5 Å². The van der Waals surface area contributed by atoms with E-state index in [0.29, 0.717) is 0 Å². The first-order valence-electron chi connectivity index (χ1n) is 9.34. The predicted octanol–water partition coefficient (Wildman–Crippen LogP) is 2.58. The second-order valence-corrected chi connectivity index (χ2v) is 6.96. The molecule has 2 fully saturated rings. The summed E-state index contributed by atoms with van der Waals surface area (Å²) in [6.45, 7) is 7.74.